The number of ketones is 1. The molecule has 3 aromatic rings. The lowest BCUT2D eigenvalue weighted by atomic mass is 10.1. The summed E-state index contributed by atoms with van der Waals surface area (Å²) < 4.78 is 26.5. The molecule has 0 atom stereocenters. The average Bonchev–Trinajstić information content (AvgIpc) is 3.06. The van der Waals surface area contributed by atoms with E-state index in [0.29, 0.717) is 17.5 Å². The van der Waals surface area contributed by atoms with Crippen molar-refractivity contribution in [3.8, 4) is 0 Å². The molecule has 0 unspecified atom stereocenters. The number of halogens is 2. The molecule has 4 rings (SSSR count). The summed E-state index contributed by atoms with van der Waals surface area (Å²) in [5, 5.41) is 0.638. The molecule has 4 nitrogen and oxygen atoms in total. The van der Waals surface area contributed by atoms with Crippen molar-refractivity contribution in [1.82, 2.24) is 4.98 Å². The van der Waals surface area contributed by atoms with Crippen LogP contribution >= 0.6 is 0 Å². The van der Waals surface area contributed by atoms with Crippen LogP contribution in [0, 0.1) is 11.6 Å². The Balaban J connectivity index is 1.40. The zero-order valence-corrected chi connectivity index (χ0v) is 14.3. The van der Waals surface area contributed by atoms with E-state index in [0.717, 1.165) is 37.4 Å². The smallest absolute Gasteiger partial charge is 0.219 e. The number of H-pyrrole nitrogens is 1. The molecule has 6 heteroatoms. The number of aromatic amines is 1. The van der Waals surface area contributed by atoms with E-state index in [4.69, 9.17) is 0 Å². The van der Waals surface area contributed by atoms with Gasteiger partial charge >= 0.3 is 0 Å². The number of nitrogens with zero attached hydrogens (tertiary/aromatic N) is 1. The molecule has 26 heavy (non-hydrogen) atoms. The summed E-state index contributed by atoms with van der Waals surface area (Å²) in [6.07, 6.45) is 1.67. The van der Waals surface area contributed by atoms with E-state index in [9.17, 15) is 13.6 Å². The molecule has 0 saturated carbocycles. The SMILES string of the molecule is O=C(C[NH+]1CCN(c2ccc(F)cc2)CC1)c1c[nH]c2ccc(F)cc12. The van der Waals surface area contributed by atoms with Gasteiger partial charge in [0.25, 0.3) is 0 Å². The second kappa shape index (κ2) is 6.88. The van der Waals surface area contributed by atoms with Crippen molar-refractivity contribution in [2.75, 3.05) is 37.6 Å². The van der Waals surface area contributed by atoms with Crippen molar-refractivity contribution in [2.24, 2.45) is 0 Å². The molecule has 0 spiro atoms. The van der Waals surface area contributed by atoms with Gasteiger partial charge in [0.15, 0.2) is 0 Å². The molecule has 0 aliphatic carbocycles. The predicted molar refractivity (Wildman–Crippen MR) is 96.8 cm³/mol. The highest BCUT2D eigenvalue weighted by molar-refractivity contribution is 6.08. The molecule has 0 radical (unpaired) electrons. The molecule has 1 saturated heterocycles. The van der Waals surface area contributed by atoms with Crippen molar-refractivity contribution in [3.05, 3.63) is 65.9 Å². The summed E-state index contributed by atoms with van der Waals surface area (Å²) in [5.74, 6) is -0.558. The summed E-state index contributed by atoms with van der Waals surface area (Å²) >= 11 is 0. The van der Waals surface area contributed by atoms with Crippen LogP contribution < -0.4 is 9.80 Å². The van der Waals surface area contributed by atoms with E-state index < -0.39 is 0 Å². The van der Waals surface area contributed by atoms with Crippen LogP contribution in [0.1, 0.15) is 10.4 Å². The van der Waals surface area contributed by atoms with E-state index in [-0.39, 0.29) is 17.4 Å². The van der Waals surface area contributed by atoms with Gasteiger partial charge in [0.2, 0.25) is 5.78 Å². The Morgan fingerprint density at radius 3 is 2.46 bits per heavy atom. The summed E-state index contributed by atoms with van der Waals surface area (Å²) in [4.78, 5) is 19.1. The number of benzene rings is 2. The molecule has 0 amide bonds. The minimum atomic E-state index is -0.341. The van der Waals surface area contributed by atoms with Gasteiger partial charge in [-0.25, -0.2) is 8.78 Å². The predicted octanol–water partition coefficient (Wildman–Crippen LogP) is 2.03. The highest BCUT2D eigenvalue weighted by Gasteiger charge is 2.24. The van der Waals surface area contributed by atoms with E-state index in [1.165, 1.54) is 29.2 Å². The summed E-state index contributed by atoms with van der Waals surface area (Å²) in [6.45, 7) is 3.69. The third-order valence-corrected chi connectivity index (χ3v) is 5.02. The van der Waals surface area contributed by atoms with Crippen LogP contribution in [0.2, 0.25) is 0 Å². The molecule has 1 aromatic heterocycles. The number of aromatic nitrogens is 1. The Labute approximate surface area is 150 Å². The molecular weight excluding hydrogens is 336 g/mol. The first kappa shape index (κ1) is 16.7. The Kier molecular flexibility index (Phi) is 4.42. The van der Waals surface area contributed by atoms with Crippen LogP contribution in [0.4, 0.5) is 14.5 Å². The summed E-state index contributed by atoms with van der Waals surface area (Å²) in [5.41, 5.74) is 2.32. The topological polar surface area (TPSA) is 40.5 Å². The lowest BCUT2D eigenvalue weighted by Gasteiger charge is -2.33. The van der Waals surface area contributed by atoms with Crippen molar-refractivity contribution >= 4 is 22.4 Å². The number of Topliss-reactive ketones (excluding diaryl/α,β-unsaturated/α-hetero) is 1. The fourth-order valence-corrected chi connectivity index (χ4v) is 3.56. The number of hydrogen-bond donors (Lipinski definition) is 2. The van der Waals surface area contributed by atoms with E-state index in [1.807, 2.05) is 0 Å². The molecule has 0 bridgehead atoms. The normalized spacial score (nSPS) is 15.5. The fourth-order valence-electron chi connectivity index (χ4n) is 3.56. The minimum absolute atomic E-state index is 0.0204. The first-order chi connectivity index (χ1) is 12.6. The zero-order valence-electron chi connectivity index (χ0n) is 14.3. The van der Waals surface area contributed by atoms with E-state index in [1.54, 1.807) is 24.4 Å². The van der Waals surface area contributed by atoms with Gasteiger partial charge in [-0.05, 0) is 42.5 Å². The van der Waals surface area contributed by atoms with Crippen molar-refractivity contribution in [2.45, 2.75) is 0 Å². The lowest BCUT2D eigenvalue weighted by molar-refractivity contribution is -0.892. The molecule has 134 valence electrons. The fraction of sp³-hybridized carbons (Fsp3) is 0.250. The number of piperazine rings is 1. The highest BCUT2D eigenvalue weighted by atomic mass is 19.1. The second-order valence-corrected chi connectivity index (χ2v) is 6.71. The van der Waals surface area contributed by atoms with Crippen LogP contribution in [0.3, 0.4) is 0 Å². The number of carbonyl (C=O) groups excluding carboxylic acids is 1. The Morgan fingerprint density at radius 2 is 1.73 bits per heavy atom. The van der Waals surface area contributed by atoms with Gasteiger partial charge in [-0.3, -0.25) is 4.79 Å². The van der Waals surface area contributed by atoms with Crippen LogP contribution in [0.5, 0.6) is 0 Å². The van der Waals surface area contributed by atoms with Gasteiger partial charge in [-0.1, -0.05) is 0 Å². The first-order valence-electron chi connectivity index (χ1n) is 8.74. The molecular formula is C20H20F2N3O+. The maximum absolute atomic E-state index is 13.5. The maximum Gasteiger partial charge on any atom is 0.219 e. The Hall–Kier alpha value is -2.73. The number of anilines is 1. The molecule has 2 heterocycles. The minimum Gasteiger partial charge on any atom is -0.360 e. The highest BCUT2D eigenvalue weighted by Crippen LogP contribution is 2.19. The number of fused-ring (bicyclic) bond motifs is 1. The summed E-state index contributed by atoms with van der Waals surface area (Å²) in [6, 6.07) is 10.9. The van der Waals surface area contributed by atoms with Gasteiger partial charge in [0.1, 0.15) is 18.2 Å². The monoisotopic (exact) mass is 356 g/mol. The average molecular weight is 356 g/mol. The van der Waals surface area contributed by atoms with Gasteiger partial charge in [-0.15, -0.1) is 0 Å². The molecule has 1 aliphatic heterocycles. The quantitative estimate of drug-likeness (QED) is 0.703. The largest absolute Gasteiger partial charge is 0.360 e. The number of nitrogens with one attached hydrogen (secondary N) is 2. The van der Waals surface area contributed by atoms with Crippen LogP contribution in [0.25, 0.3) is 10.9 Å². The van der Waals surface area contributed by atoms with Crippen molar-refractivity contribution in [1.29, 1.82) is 0 Å². The molecule has 1 fully saturated rings. The van der Waals surface area contributed by atoms with Crippen LogP contribution in [-0.2, 0) is 0 Å². The molecule has 2 N–H and O–H groups in total. The second-order valence-electron chi connectivity index (χ2n) is 6.71. The van der Waals surface area contributed by atoms with Crippen LogP contribution in [0.15, 0.2) is 48.7 Å². The lowest BCUT2D eigenvalue weighted by Crippen LogP contribution is -3.15. The van der Waals surface area contributed by atoms with E-state index in [2.05, 4.69) is 9.88 Å². The number of quaternary nitrogens is 1. The standard InChI is InChI=1S/C20H19F2N3O/c21-14-1-4-16(5-2-14)25-9-7-24(8-10-25)13-20(26)18-12-23-19-6-3-15(22)11-17(18)19/h1-6,11-12,23H,7-10,13H2/p+1. The van der Waals surface area contributed by atoms with Gasteiger partial charge in [0.05, 0.1) is 26.2 Å². The Morgan fingerprint density at radius 1 is 1.04 bits per heavy atom. The van der Waals surface area contributed by atoms with Crippen molar-refractivity contribution < 1.29 is 18.5 Å². The maximum atomic E-state index is 13.5. The van der Waals surface area contributed by atoms with Gasteiger partial charge in [-0.2, -0.15) is 0 Å². The zero-order chi connectivity index (χ0) is 18.1. The molecule has 2 aromatic carbocycles. The van der Waals surface area contributed by atoms with E-state index >= 15 is 0 Å². The van der Waals surface area contributed by atoms with Gasteiger partial charge < -0.3 is 14.8 Å². The first-order valence-corrected chi connectivity index (χ1v) is 8.74. The number of hydrogen-bond acceptors (Lipinski definition) is 2. The van der Waals surface area contributed by atoms with Crippen molar-refractivity contribution in [3.63, 3.8) is 0 Å². The number of carbonyl (C=O) groups is 1. The summed E-state index contributed by atoms with van der Waals surface area (Å²) in [7, 11) is 0. The third kappa shape index (κ3) is 3.32. The third-order valence-electron chi connectivity index (χ3n) is 5.02. The van der Waals surface area contributed by atoms with Crippen LogP contribution in [-0.4, -0.2) is 43.5 Å². The Bertz CT molecular complexity index is 928. The number of rotatable bonds is 4. The van der Waals surface area contributed by atoms with Gasteiger partial charge in [0, 0.05) is 28.4 Å². The molecule has 1 aliphatic rings.